The molecule has 0 amide bonds. The maximum atomic E-state index is 13.1. The zero-order valence-corrected chi connectivity index (χ0v) is 15.8. The quantitative estimate of drug-likeness (QED) is 0.837. The number of ether oxygens (including phenoxy) is 1. The first kappa shape index (κ1) is 18.1. The molecule has 0 bridgehead atoms. The van der Waals surface area contributed by atoms with Crippen LogP contribution in [0.25, 0.3) is 0 Å². The average molecular weight is 359 g/mol. The Balaban J connectivity index is 1.84. The highest BCUT2D eigenvalue weighted by Gasteiger charge is 2.42. The first-order valence-corrected chi connectivity index (χ1v) is 10.1. The van der Waals surface area contributed by atoms with Crippen molar-refractivity contribution in [3.63, 3.8) is 0 Å². The first-order valence-electron chi connectivity index (χ1n) is 8.50. The maximum absolute atomic E-state index is 13.1. The Hall–Kier alpha value is -1.69. The van der Waals surface area contributed by atoms with Crippen molar-refractivity contribution in [2.45, 2.75) is 38.2 Å². The number of rotatable bonds is 4. The summed E-state index contributed by atoms with van der Waals surface area (Å²) in [7, 11) is -3.44. The van der Waals surface area contributed by atoms with E-state index in [1.165, 1.54) is 0 Å². The largest absolute Gasteiger partial charge is 0.370 e. The van der Waals surface area contributed by atoms with Crippen LogP contribution >= 0.6 is 0 Å². The van der Waals surface area contributed by atoms with E-state index < -0.39 is 15.6 Å². The Morgan fingerprint density at radius 2 is 1.72 bits per heavy atom. The van der Waals surface area contributed by atoms with Gasteiger partial charge in [-0.1, -0.05) is 60.2 Å². The van der Waals surface area contributed by atoms with Gasteiger partial charge >= 0.3 is 0 Å². The van der Waals surface area contributed by atoms with E-state index in [0.717, 1.165) is 16.7 Å². The van der Waals surface area contributed by atoms with Gasteiger partial charge in [-0.3, -0.25) is 0 Å². The molecule has 3 rings (SSSR count). The van der Waals surface area contributed by atoms with Gasteiger partial charge < -0.3 is 4.74 Å². The molecule has 134 valence electrons. The van der Waals surface area contributed by atoms with Crippen LogP contribution < -0.4 is 0 Å². The number of aryl methyl sites for hydroxylation is 1. The highest BCUT2D eigenvalue weighted by molar-refractivity contribution is 7.88. The van der Waals surface area contributed by atoms with Crippen molar-refractivity contribution < 1.29 is 13.2 Å². The smallest absolute Gasteiger partial charge is 0.218 e. The summed E-state index contributed by atoms with van der Waals surface area (Å²) in [5, 5.41) is 0. The normalized spacial score (nSPS) is 21.2. The van der Waals surface area contributed by atoms with Gasteiger partial charge in [-0.05, 0) is 31.9 Å². The Labute approximate surface area is 150 Å². The molecule has 1 saturated heterocycles. The van der Waals surface area contributed by atoms with Crippen LogP contribution in [-0.2, 0) is 20.5 Å². The lowest BCUT2D eigenvalue weighted by Crippen LogP contribution is -2.56. The van der Waals surface area contributed by atoms with E-state index in [0.29, 0.717) is 13.2 Å². The minimum Gasteiger partial charge on any atom is -0.370 e. The summed E-state index contributed by atoms with van der Waals surface area (Å²) in [6.07, 6.45) is -0.234. The van der Waals surface area contributed by atoms with E-state index in [9.17, 15) is 8.42 Å². The fraction of sp³-hybridized carbons (Fsp3) is 0.400. The lowest BCUT2D eigenvalue weighted by Gasteiger charge is -2.44. The third kappa shape index (κ3) is 4.11. The van der Waals surface area contributed by atoms with Gasteiger partial charge in [-0.25, -0.2) is 8.42 Å². The number of morpholine rings is 1. The lowest BCUT2D eigenvalue weighted by molar-refractivity contribution is -0.0655. The number of hydrogen-bond donors (Lipinski definition) is 0. The Morgan fingerprint density at radius 1 is 1.08 bits per heavy atom. The molecule has 1 aliphatic rings. The molecule has 1 atom stereocenters. The first-order chi connectivity index (χ1) is 11.8. The summed E-state index contributed by atoms with van der Waals surface area (Å²) in [6.45, 7) is 6.54. The highest BCUT2D eigenvalue weighted by atomic mass is 32.2. The van der Waals surface area contributed by atoms with Gasteiger partial charge in [0.25, 0.3) is 0 Å². The molecule has 0 aromatic heterocycles. The van der Waals surface area contributed by atoms with Crippen LogP contribution in [0.2, 0.25) is 0 Å². The van der Waals surface area contributed by atoms with Crippen LogP contribution in [0.4, 0.5) is 0 Å². The van der Waals surface area contributed by atoms with Crippen LogP contribution in [0.15, 0.2) is 54.6 Å². The van der Waals surface area contributed by atoms with Crippen molar-refractivity contribution in [1.82, 2.24) is 4.31 Å². The summed E-state index contributed by atoms with van der Waals surface area (Å²) < 4.78 is 33.8. The second kappa shape index (κ2) is 6.90. The Morgan fingerprint density at radius 3 is 2.36 bits per heavy atom. The molecule has 1 fully saturated rings. The van der Waals surface area contributed by atoms with Crippen LogP contribution in [0.5, 0.6) is 0 Å². The van der Waals surface area contributed by atoms with Gasteiger partial charge in [0.1, 0.15) is 0 Å². The van der Waals surface area contributed by atoms with Gasteiger partial charge in [-0.2, -0.15) is 4.31 Å². The van der Waals surface area contributed by atoms with Crippen LogP contribution in [0.3, 0.4) is 0 Å². The predicted molar refractivity (Wildman–Crippen MR) is 99.7 cm³/mol. The van der Waals surface area contributed by atoms with Gasteiger partial charge in [0.15, 0.2) is 0 Å². The molecule has 0 spiro atoms. The molecular formula is C20H25NO3S. The molecule has 1 unspecified atom stereocenters. The second-order valence-electron chi connectivity index (χ2n) is 7.30. The molecule has 0 saturated carbocycles. The zero-order chi connectivity index (χ0) is 18.1. The number of hydrogen-bond acceptors (Lipinski definition) is 3. The summed E-state index contributed by atoms with van der Waals surface area (Å²) in [5.74, 6) is 0.0121. The fourth-order valence-corrected chi connectivity index (χ4v) is 5.10. The monoisotopic (exact) mass is 359 g/mol. The van der Waals surface area contributed by atoms with Crippen molar-refractivity contribution in [3.05, 3.63) is 71.3 Å². The fourth-order valence-electron chi connectivity index (χ4n) is 3.16. The summed E-state index contributed by atoms with van der Waals surface area (Å²) >= 11 is 0. The number of sulfonamides is 1. The summed E-state index contributed by atoms with van der Waals surface area (Å²) in [6, 6.07) is 17.5. The molecule has 0 radical (unpaired) electrons. The molecule has 4 nitrogen and oxygen atoms in total. The molecular weight excluding hydrogens is 334 g/mol. The van der Waals surface area contributed by atoms with Crippen molar-refractivity contribution in [3.8, 4) is 0 Å². The van der Waals surface area contributed by atoms with E-state index in [-0.39, 0.29) is 11.9 Å². The predicted octanol–water partition coefficient (Wildman–Crippen LogP) is 3.68. The lowest BCUT2D eigenvalue weighted by atomic mass is 10.0. The second-order valence-corrected chi connectivity index (χ2v) is 9.19. The molecule has 2 aromatic rings. The summed E-state index contributed by atoms with van der Waals surface area (Å²) in [5.41, 5.74) is 2.38. The van der Waals surface area contributed by atoms with Gasteiger partial charge in [0, 0.05) is 6.54 Å². The SMILES string of the molecule is Cc1ccc(CS(=O)(=O)N2CC(c3ccccc3)OCC2(C)C)cc1. The van der Waals surface area contributed by atoms with Crippen molar-refractivity contribution in [1.29, 1.82) is 0 Å². The molecule has 0 N–H and O–H groups in total. The molecule has 2 aromatic carbocycles. The molecule has 25 heavy (non-hydrogen) atoms. The Kier molecular flexibility index (Phi) is 5.00. The third-order valence-electron chi connectivity index (χ3n) is 4.62. The third-order valence-corrected chi connectivity index (χ3v) is 6.63. The van der Waals surface area contributed by atoms with E-state index in [1.54, 1.807) is 4.31 Å². The zero-order valence-electron chi connectivity index (χ0n) is 15.0. The molecule has 1 aliphatic heterocycles. The minimum absolute atomic E-state index is 0.0121. The number of benzene rings is 2. The van der Waals surface area contributed by atoms with Crippen molar-refractivity contribution in [2.24, 2.45) is 0 Å². The minimum atomic E-state index is -3.44. The standard InChI is InChI=1S/C20H25NO3S/c1-16-9-11-17(12-10-16)14-25(22,23)21-13-19(24-15-20(21,2)3)18-7-5-4-6-8-18/h4-12,19H,13-15H2,1-3H3. The van der Waals surface area contributed by atoms with Crippen LogP contribution in [0.1, 0.15) is 36.6 Å². The van der Waals surface area contributed by atoms with Gasteiger partial charge in [0.05, 0.1) is 24.0 Å². The number of nitrogens with zero attached hydrogens (tertiary/aromatic N) is 1. The summed E-state index contributed by atoms with van der Waals surface area (Å²) in [4.78, 5) is 0. The van der Waals surface area contributed by atoms with Crippen molar-refractivity contribution in [2.75, 3.05) is 13.2 Å². The van der Waals surface area contributed by atoms with Gasteiger partial charge in [-0.15, -0.1) is 0 Å². The van der Waals surface area contributed by atoms with Crippen LogP contribution in [-0.4, -0.2) is 31.4 Å². The van der Waals surface area contributed by atoms with E-state index >= 15 is 0 Å². The molecule has 5 heteroatoms. The highest BCUT2D eigenvalue weighted by Crippen LogP contribution is 2.33. The van der Waals surface area contributed by atoms with E-state index in [1.807, 2.05) is 75.4 Å². The van der Waals surface area contributed by atoms with Gasteiger partial charge in [0.2, 0.25) is 10.0 Å². The van der Waals surface area contributed by atoms with Crippen LogP contribution in [0, 0.1) is 6.92 Å². The molecule has 1 heterocycles. The topological polar surface area (TPSA) is 46.6 Å². The average Bonchev–Trinajstić information content (AvgIpc) is 2.57. The maximum Gasteiger partial charge on any atom is 0.218 e. The molecule has 0 aliphatic carbocycles. The Bertz CT molecular complexity index is 814. The van der Waals surface area contributed by atoms with E-state index in [4.69, 9.17) is 4.74 Å². The van der Waals surface area contributed by atoms with E-state index in [2.05, 4.69) is 0 Å². The van der Waals surface area contributed by atoms with Crippen molar-refractivity contribution >= 4 is 10.0 Å².